The molecule has 2 aromatic carbocycles. The molecule has 0 aliphatic heterocycles. The molecule has 124 valence electrons. The maximum atomic E-state index is 12.5. The third-order valence-electron chi connectivity index (χ3n) is 3.79. The number of halogens is 1. The van der Waals surface area contributed by atoms with Gasteiger partial charge in [-0.15, -0.1) is 11.3 Å². The Bertz CT molecular complexity index is 1040. The van der Waals surface area contributed by atoms with Crippen LogP contribution in [-0.2, 0) is 6.42 Å². The van der Waals surface area contributed by atoms with E-state index in [-0.39, 0.29) is 5.91 Å². The van der Waals surface area contributed by atoms with Crippen LogP contribution in [0.2, 0.25) is 0 Å². The van der Waals surface area contributed by atoms with Crippen LogP contribution < -0.4 is 5.32 Å². The van der Waals surface area contributed by atoms with Crippen LogP contribution in [0.15, 0.2) is 59.3 Å². The van der Waals surface area contributed by atoms with Gasteiger partial charge < -0.3 is 0 Å². The summed E-state index contributed by atoms with van der Waals surface area (Å²) in [7, 11) is 0. The highest BCUT2D eigenvalue weighted by Crippen LogP contribution is 2.23. The first-order valence-corrected chi connectivity index (χ1v) is 9.22. The van der Waals surface area contributed by atoms with Gasteiger partial charge in [-0.05, 0) is 23.8 Å². The molecule has 0 unspecified atom stereocenters. The molecule has 0 aliphatic carbocycles. The van der Waals surface area contributed by atoms with Gasteiger partial charge in [-0.25, -0.2) is 4.98 Å². The summed E-state index contributed by atoms with van der Waals surface area (Å²) >= 11 is 4.92. The Labute approximate surface area is 156 Å². The highest BCUT2D eigenvalue weighted by atomic mass is 79.9. The van der Waals surface area contributed by atoms with Crippen molar-refractivity contribution >= 4 is 49.2 Å². The monoisotopic (exact) mass is 412 g/mol. The van der Waals surface area contributed by atoms with Gasteiger partial charge in [0.2, 0.25) is 0 Å². The molecule has 7 heteroatoms. The molecule has 4 rings (SSSR count). The normalized spacial score (nSPS) is 10.9. The minimum absolute atomic E-state index is 0.195. The zero-order valence-corrected chi connectivity index (χ0v) is 15.4. The molecule has 2 heterocycles. The highest BCUT2D eigenvalue weighted by molar-refractivity contribution is 9.10. The number of hydrogen-bond acceptors (Lipinski definition) is 4. The Kier molecular flexibility index (Phi) is 4.33. The van der Waals surface area contributed by atoms with Crippen molar-refractivity contribution in [2.24, 2.45) is 0 Å². The number of para-hydroxylation sites is 1. The number of fused-ring (bicyclic) bond motifs is 1. The molecular weight excluding hydrogens is 400 g/mol. The van der Waals surface area contributed by atoms with E-state index in [2.05, 4.69) is 48.6 Å². The second kappa shape index (κ2) is 6.78. The average molecular weight is 413 g/mol. The van der Waals surface area contributed by atoms with E-state index in [0.29, 0.717) is 10.7 Å². The predicted molar refractivity (Wildman–Crippen MR) is 103 cm³/mol. The van der Waals surface area contributed by atoms with Crippen LogP contribution in [0.1, 0.15) is 20.8 Å². The second-order valence-electron chi connectivity index (χ2n) is 5.53. The molecule has 2 aromatic heterocycles. The lowest BCUT2D eigenvalue weighted by molar-refractivity contribution is 0.102. The van der Waals surface area contributed by atoms with Crippen molar-refractivity contribution in [2.45, 2.75) is 6.42 Å². The number of nitrogens with one attached hydrogen (secondary N) is 2. The van der Waals surface area contributed by atoms with E-state index in [1.807, 2.05) is 24.3 Å². The second-order valence-corrected chi connectivity index (χ2v) is 7.56. The van der Waals surface area contributed by atoms with Crippen LogP contribution in [0.3, 0.4) is 0 Å². The van der Waals surface area contributed by atoms with Gasteiger partial charge in [0.15, 0.2) is 5.13 Å². The SMILES string of the molecule is O=C(Nc1ncc(Cc2ccc(Br)cc2)s1)c1cccc2cn[nH]c12. The van der Waals surface area contributed by atoms with E-state index in [1.165, 1.54) is 16.9 Å². The number of amides is 1. The van der Waals surface area contributed by atoms with E-state index in [4.69, 9.17) is 0 Å². The zero-order chi connectivity index (χ0) is 17.2. The number of carbonyl (C=O) groups excluding carboxylic acids is 1. The van der Waals surface area contributed by atoms with Gasteiger partial charge in [0.1, 0.15) is 0 Å². The molecule has 0 fully saturated rings. The standard InChI is InChI=1S/C18H13BrN4OS/c19-13-6-4-11(5-7-13)8-14-10-20-18(25-14)22-17(24)15-3-1-2-12-9-21-23-16(12)15/h1-7,9-10H,8H2,(H,21,23)(H,20,22,24). The fraction of sp³-hybridized carbons (Fsp3) is 0.0556. The molecule has 0 bridgehead atoms. The lowest BCUT2D eigenvalue weighted by Crippen LogP contribution is -2.12. The van der Waals surface area contributed by atoms with Gasteiger partial charge in [0.05, 0.1) is 17.3 Å². The number of aromatic amines is 1. The molecule has 0 saturated heterocycles. The zero-order valence-electron chi connectivity index (χ0n) is 13.0. The van der Waals surface area contributed by atoms with Crippen LogP contribution in [0.25, 0.3) is 10.9 Å². The molecule has 0 saturated carbocycles. The molecule has 25 heavy (non-hydrogen) atoms. The number of aromatic nitrogens is 3. The Morgan fingerprint density at radius 1 is 1.16 bits per heavy atom. The third kappa shape index (κ3) is 3.47. The molecule has 4 aromatic rings. The Hall–Kier alpha value is -2.51. The first-order valence-electron chi connectivity index (χ1n) is 7.61. The van der Waals surface area contributed by atoms with Crippen molar-refractivity contribution in [1.82, 2.24) is 15.2 Å². The van der Waals surface area contributed by atoms with E-state index in [9.17, 15) is 4.79 Å². The molecule has 5 nitrogen and oxygen atoms in total. The molecule has 0 atom stereocenters. The van der Waals surface area contributed by atoms with Crippen molar-refractivity contribution < 1.29 is 4.79 Å². The van der Waals surface area contributed by atoms with E-state index in [1.54, 1.807) is 18.5 Å². The van der Waals surface area contributed by atoms with Crippen molar-refractivity contribution in [3.63, 3.8) is 0 Å². The summed E-state index contributed by atoms with van der Waals surface area (Å²) in [6.07, 6.45) is 4.29. The lowest BCUT2D eigenvalue weighted by atomic mass is 10.1. The van der Waals surface area contributed by atoms with E-state index >= 15 is 0 Å². The van der Waals surface area contributed by atoms with Crippen LogP contribution in [0, 0.1) is 0 Å². The minimum atomic E-state index is -0.195. The number of carbonyl (C=O) groups is 1. The van der Waals surface area contributed by atoms with E-state index < -0.39 is 0 Å². The number of benzene rings is 2. The molecule has 0 radical (unpaired) electrons. The van der Waals surface area contributed by atoms with E-state index in [0.717, 1.165) is 26.7 Å². The van der Waals surface area contributed by atoms with Crippen molar-refractivity contribution in [3.05, 3.63) is 75.3 Å². The minimum Gasteiger partial charge on any atom is -0.298 e. The number of thiazole rings is 1. The third-order valence-corrected chi connectivity index (χ3v) is 5.23. The number of hydrogen-bond donors (Lipinski definition) is 2. The predicted octanol–water partition coefficient (Wildman–Crippen LogP) is 4.63. The summed E-state index contributed by atoms with van der Waals surface area (Å²) in [4.78, 5) is 17.9. The largest absolute Gasteiger partial charge is 0.298 e. The van der Waals surface area contributed by atoms with Crippen LogP contribution in [0.4, 0.5) is 5.13 Å². The van der Waals surface area contributed by atoms with Crippen LogP contribution >= 0.6 is 27.3 Å². The molecular formula is C18H13BrN4OS. The van der Waals surface area contributed by atoms with Crippen molar-refractivity contribution in [3.8, 4) is 0 Å². The summed E-state index contributed by atoms with van der Waals surface area (Å²) in [6.45, 7) is 0. The van der Waals surface area contributed by atoms with Gasteiger partial charge in [-0.2, -0.15) is 5.10 Å². The van der Waals surface area contributed by atoms with Crippen molar-refractivity contribution in [1.29, 1.82) is 0 Å². The van der Waals surface area contributed by atoms with Crippen LogP contribution in [0.5, 0.6) is 0 Å². The lowest BCUT2D eigenvalue weighted by Gasteiger charge is -2.02. The molecule has 0 aliphatic rings. The summed E-state index contributed by atoms with van der Waals surface area (Å²) in [5.74, 6) is -0.195. The topological polar surface area (TPSA) is 70.7 Å². The highest BCUT2D eigenvalue weighted by Gasteiger charge is 2.13. The van der Waals surface area contributed by atoms with Gasteiger partial charge >= 0.3 is 0 Å². The Balaban J connectivity index is 1.50. The summed E-state index contributed by atoms with van der Waals surface area (Å²) in [6, 6.07) is 13.7. The van der Waals surface area contributed by atoms with Gasteiger partial charge in [-0.1, -0.05) is 40.2 Å². The fourth-order valence-corrected chi connectivity index (χ4v) is 3.68. The summed E-state index contributed by atoms with van der Waals surface area (Å²) in [5, 5.41) is 11.2. The Morgan fingerprint density at radius 3 is 2.84 bits per heavy atom. The first kappa shape index (κ1) is 16.0. The fourth-order valence-electron chi connectivity index (χ4n) is 2.57. The van der Waals surface area contributed by atoms with Gasteiger partial charge in [0.25, 0.3) is 5.91 Å². The van der Waals surface area contributed by atoms with Gasteiger partial charge in [-0.3, -0.25) is 15.2 Å². The van der Waals surface area contributed by atoms with Crippen LogP contribution in [-0.4, -0.2) is 21.1 Å². The molecule has 0 spiro atoms. The molecule has 2 N–H and O–H groups in total. The number of rotatable bonds is 4. The summed E-state index contributed by atoms with van der Waals surface area (Å²) in [5.41, 5.74) is 2.48. The maximum Gasteiger partial charge on any atom is 0.259 e. The molecule has 1 amide bonds. The Morgan fingerprint density at radius 2 is 2.00 bits per heavy atom. The number of H-pyrrole nitrogens is 1. The first-order chi connectivity index (χ1) is 12.2. The average Bonchev–Trinajstić information content (AvgIpc) is 3.25. The number of anilines is 1. The quantitative estimate of drug-likeness (QED) is 0.513. The summed E-state index contributed by atoms with van der Waals surface area (Å²) < 4.78 is 1.06. The maximum absolute atomic E-state index is 12.5. The van der Waals surface area contributed by atoms with Crippen molar-refractivity contribution in [2.75, 3.05) is 5.32 Å². The smallest absolute Gasteiger partial charge is 0.259 e. The number of nitrogens with zero attached hydrogens (tertiary/aromatic N) is 2. The van der Waals surface area contributed by atoms with Gasteiger partial charge in [0, 0.05) is 27.4 Å².